The highest BCUT2D eigenvalue weighted by Crippen LogP contribution is 2.29. The Kier molecular flexibility index (Phi) is 3.22. The lowest BCUT2D eigenvalue weighted by Gasteiger charge is -2.02. The molecule has 0 radical (unpaired) electrons. The third-order valence-electron chi connectivity index (χ3n) is 1.43. The summed E-state index contributed by atoms with van der Waals surface area (Å²) in [6.45, 7) is 0. The molecule has 1 aromatic carbocycles. The lowest BCUT2D eigenvalue weighted by molar-refractivity contribution is 1.38. The van der Waals surface area contributed by atoms with Crippen molar-refractivity contribution < 1.29 is 0 Å². The van der Waals surface area contributed by atoms with Gasteiger partial charge in [0, 0.05) is 5.88 Å². The van der Waals surface area contributed by atoms with Gasteiger partial charge in [-0.25, -0.2) is 0 Å². The minimum Gasteiger partial charge on any atom is -0.192 e. The van der Waals surface area contributed by atoms with Crippen LogP contribution in [0.1, 0.15) is 11.1 Å². The number of rotatable bonds is 1. The normalized spacial score (nSPS) is 9.50. The van der Waals surface area contributed by atoms with Gasteiger partial charge in [0.2, 0.25) is 0 Å². The molecule has 0 heterocycles. The van der Waals surface area contributed by atoms with Gasteiger partial charge in [-0.05, 0) is 11.6 Å². The Hall–Kier alpha value is -0.420. The van der Waals surface area contributed by atoms with Crippen LogP contribution in [0.5, 0.6) is 0 Å². The van der Waals surface area contributed by atoms with Gasteiger partial charge in [0.05, 0.1) is 15.6 Å². The van der Waals surface area contributed by atoms with Gasteiger partial charge in [-0.1, -0.05) is 29.3 Å². The van der Waals surface area contributed by atoms with Crippen LogP contribution in [0.2, 0.25) is 10.0 Å². The quantitative estimate of drug-likeness (QED) is 0.663. The summed E-state index contributed by atoms with van der Waals surface area (Å²) in [5, 5.41) is 9.22. The summed E-state index contributed by atoms with van der Waals surface area (Å²) in [5.41, 5.74) is 1.11. The second kappa shape index (κ2) is 4.00. The largest absolute Gasteiger partial charge is 0.192 e. The summed E-state index contributed by atoms with van der Waals surface area (Å²) in [6, 6.07) is 5.23. The molecule has 0 aliphatic carbocycles. The average molecular weight is 220 g/mol. The maximum Gasteiger partial charge on any atom is 0.101 e. The highest BCUT2D eigenvalue weighted by atomic mass is 35.5. The molecule has 1 rings (SSSR count). The van der Waals surface area contributed by atoms with E-state index in [1.54, 1.807) is 12.1 Å². The highest BCUT2D eigenvalue weighted by molar-refractivity contribution is 6.43. The number of alkyl halides is 1. The summed E-state index contributed by atoms with van der Waals surface area (Å²) in [4.78, 5) is 0. The molecule has 0 saturated heterocycles. The summed E-state index contributed by atoms with van der Waals surface area (Å²) in [5.74, 6) is 0.296. The van der Waals surface area contributed by atoms with Crippen LogP contribution in [0.15, 0.2) is 12.1 Å². The molecule has 0 saturated carbocycles. The third-order valence-corrected chi connectivity index (χ3v) is 2.64. The molecular formula is C8H4Cl3N. The zero-order valence-corrected chi connectivity index (χ0v) is 8.21. The average Bonchev–Trinajstić information content (AvgIpc) is 2.10. The first-order valence-corrected chi connectivity index (χ1v) is 4.42. The van der Waals surface area contributed by atoms with Crippen LogP contribution in [0, 0.1) is 11.3 Å². The molecular weight excluding hydrogens is 216 g/mol. The van der Waals surface area contributed by atoms with E-state index in [2.05, 4.69) is 0 Å². The minimum absolute atomic E-state index is 0.275. The molecule has 0 aliphatic heterocycles. The van der Waals surface area contributed by atoms with Gasteiger partial charge in [0.1, 0.15) is 6.07 Å². The fourth-order valence-electron chi connectivity index (χ4n) is 0.779. The smallest absolute Gasteiger partial charge is 0.101 e. The van der Waals surface area contributed by atoms with Gasteiger partial charge in [0.25, 0.3) is 0 Å². The van der Waals surface area contributed by atoms with E-state index >= 15 is 0 Å². The van der Waals surface area contributed by atoms with Gasteiger partial charge in [-0.15, -0.1) is 11.6 Å². The first kappa shape index (κ1) is 9.67. The maximum absolute atomic E-state index is 8.58. The van der Waals surface area contributed by atoms with Crippen molar-refractivity contribution in [1.29, 1.82) is 5.26 Å². The van der Waals surface area contributed by atoms with Crippen molar-refractivity contribution in [3.05, 3.63) is 33.3 Å². The Balaban J connectivity index is 3.32. The van der Waals surface area contributed by atoms with Crippen LogP contribution in [0.4, 0.5) is 0 Å². The van der Waals surface area contributed by atoms with Crippen LogP contribution in [0.25, 0.3) is 0 Å². The fraction of sp³-hybridized carbons (Fsp3) is 0.125. The second-order valence-corrected chi connectivity index (χ2v) is 3.17. The molecule has 1 nitrogen and oxygen atoms in total. The minimum atomic E-state index is 0.275. The van der Waals surface area contributed by atoms with Gasteiger partial charge in [-0.2, -0.15) is 5.26 Å². The topological polar surface area (TPSA) is 23.8 Å². The molecule has 62 valence electrons. The summed E-state index contributed by atoms with van der Waals surface area (Å²) in [6.07, 6.45) is 0. The molecule has 0 unspecified atom stereocenters. The molecule has 0 N–H and O–H groups in total. The molecule has 0 aliphatic rings. The van der Waals surface area contributed by atoms with Crippen molar-refractivity contribution >= 4 is 34.8 Å². The van der Waals surface area contributed by atoms with E-state index in [1.165, 1.54) is 0 Å². The number of hydrogen-bond donors (Lipinski definition) is 0. The van der Waals surface area contributed by atoms with Crippen molar-refractivity contribution in [1.82, 2.24) is 0 Å². The van der Waals surface area contributed by atoms with E-state index in [-0.39, 0.29) is 5.02 Å². The molecule has 0 atom stereocenters. The number of halogens is 3. The van der Waals surface area contributed by atoms with E-state index in [0.717, 1.165) is 5.56 Å². The monoisotopic (exact) mass is 219 g/mol. The van der Waals surface area contributed by atoms with Crippen LogP contribution in [0.3, 0.4) is 0 Å². The summed E-state index contributed by atoms with van der Waals surface area (Å²) >= 11 is 17.1. The fourth-order valence-corrected chi connectivity index (χ4v) is 1.53. The molecule has 0 amide bonds. The molecule has 12 heavy (non-hydrogen) atoms. The van der Waals surface area contributed by atoms with Crippen LogP contribution in [-0.4, -0.2) is 0 Å². The Morgan fingerprint density at radius 2 is 1.92 bits per heavy atom. The Morgan fingerprint density at radius 3 is 2.42 bits per heavy atom. The summed E-state index contributed by atoms with van der Waals surface area (Å²) in [7, 11) is 0. The van der Waals surface area contributed by atoms with E-state index < -0.39 is 0 Å². The molecule has 0 aromatic heterocycles. The third kappa shape index (κ3) is 1.67. The van der Waals surface area contributed by atoms with Crippen molar-refractivity contribution in [2.24, 2.45) is 0 Å². The Bertz CT molecular complexity index is 341. The van der Waals surface area contributed by atoms with Crippen molar-refractivity contribution in [2.45, 2.75) is 5.88 Å². The van der Waals surface area contributed by atoms with Gasteiger partial charge < -0.3 is 0 Å². The number of nitriles is 1. The maximum atomic E-state index is 8.58. The predicted molar refractivity (Wildman–Crippen MR) is 50.7 cm³/mol. The SMILES string of the molecule is N#Cc1ccc(CCl)c(Cl)c1Cl. The number of benzene rings is 1. The van der Waals surface area contributed by atoms with Crippen molar-refractivity contribution in [3.8, 4) is 6.07 Å². The van der Waals surface area contributed by atoms with Gasteiger partial charge in [-0.3, -0.25) is 0 Å². The first-order valence-electron chi connectivity index (χ1n) is 3.13. The second-order valence-electron chi connectivity index (χ2n) is 2.15. The number of hydrogen-bond acceptors (Lipinski definition) is 1. The number of nitrogens with zero attached hydrogens (tertiary/aromatic N) is 1. The van der Waals surface area contributed by atoms with Crippen molar-refractivity contribution in [3.63, 3.8) is 0 Å². The van der Waals surface area contributed by atoms with Crippen LogP contribution < -0.4 is 0 Å². The van der Waals surface area contributed by atoms with Crippen molar-refractivity contribution in [2.75, 3.05) is 0 Å². The molecule has 1 aromatic rings. The lowest BCUT2D eigenvalue weighted by atomic mass is 10.2. The highest BCUT2D eigenvalue weighted by Gasteiger charge is 2.08. The van der Waals surface area contributed by atoms with Gasteiger partial charge >= 0.3 is 0 Å². The zero-order chi connectivity index (χ0) is 9.14. The van der Waals surface area contributed by atoms with E-state index in [4.69, 9.17) is 40.1 Å². The zero-order valence-electron chi connectivity index (χ0n) is 5.94. The predicted octanol–water partition coefficient (Wildman–Crippen LogP) is 3.60. The van der Waals surface area contributed by atoms with Crippen LogP contribution >= 0.6 is 34.8 Å². The van der Waals surface area contributed by atoms with E-state index in [1.807, 2.05) is 6.07 Å². The first-order chi connectivity index (χ1) is 5.70. The van der Waals surface area contributed by atoms with E-state index in [9.17, 15) is 0 Å². The molecule has 0 bridgehead atoms. The standard InChI is InChI=1S/C8H4Cl3N/c9-3-5-1-2-6(4-12)8(11)7(5)10/h1-2H,3H2. The molecule has 0 fully saturated rings. The Labute approximate surface area is 85.5 Å². The van der Waals surface area contributed by atoms with E-state index in [0.29, 0.717) is 16.5 Å². The molecule has 0 spiro atoms. The molecule has 4 heteroatoms. The van der Waals surface area contributed by atoms with Gasteiger partial charge in [0.15, 0.2) is 0 Å². The van der Waals surface area contributed by atoms with Crippen LogP contribution in [-0.2, 0) is 5.88 Å². The Morgan fingerprint density at radius 1 is 1.25 bits per heavy atom. The summed E-state index contributed by atoms with van der Waals surface area (Å²) < 4.78 is 0. The lowest BCUT2D eigenvalue weighted by Crippen LogP contribution is -1.84.